The Morgan fingerprint density at radius 2 is 1.95 bits per heavy atom. The minimum absolute atomic E-state index is 0.390. The quantitative estimate of drug-likeness (QED) is 0.782. The average molecular weight is 285 g/mol. The lowest BCUT2D eigenvalue weighted by Gasteiger charge is -2.22. The first-order valence-corrected chi connectivity index (χ1v) is 6.98. The number of benzene rings is 1. The Labute approximate surface area is 119 Å². The summed E-state index contributed by atoms with van der Waals surface area (Å²) in [4.78, 5) is 2.00. The van der Waals surface area contributed by atoms with Gasteiger partial charge < -0.3 is 20.4 Å². The van der Waals surface area contributed by atoms with Crippen LogP contribution in [0.25, 0.3) is 0 Å². The number of hydrogen-bond donors (Lipinski definition) is 3. The molecule has 1 aromatic carbocycles. The molecule has 0 spiro atoms. The Bertz CT molecular complexity index is 429. The van der Waals surface area contributed by atoms with E-state index in [-0.39, 0.29) is 0 Å². The second kappa shape index (κ2) is 6.09. The summed E-state index contributed by atoms with van der Waals surface area (Å²) in [5, 5.41) is 23.4. The lowest BCUT2D eigenvalue weighted by atomic mass is 10.1. The molecule has 2 unspecified atom stereocenters. The molecule has 3 N–H and O–H groups in total. The third-order valence-corrected chi connectivity index (χ3v) is 3.58. The van der Waals surface area contributed by atoms with Crippen LogP contribution in [0, 0.1) is 0 Å². The molecule has 0 aromatic heterocycles. The predicted octanol–water partition coefficient (Wildman–Crippen LogP) is 1.38. The molecule has 2 atom stereocenters. The Morgan fingerprint density at radius 1 is 1.32 bits per heavy atom. The van der Waals surface area contributed by atoms with Crippen LogP contribution in [0.5, 0.6) is 0 Å². The molecular weight excluding hydrogens is 264 g/mol. The highest BCUT2D eigenvalue weighted by atomic mass is 35.5. The zero-order valence-electron chi connectivity index (χ0n) is 11.3. The van der Waals surface area contributed by atoms with Crippen LogP contribution in [-0.2, 0) is 6.54 Å². The van der Waals surface area contributed by atoms with Gasteiger partial charge in [-0.1, -0.05) is 25.4 Å². The first-order chi connectivity index (χ1) is 8.97. The van der Waals surface area contributed by atoms with E-state index in [4.69, 9.17) is 11.6 Å². The van der Waals surface area contributed by atoms with Crippen molar-refractivity contribution in [2.75, 3.05) is 18.0 Å². The SMILES string of the molecule is CC(C)NCc1cc(Cl)ccc1N1CC(O)C(O)C1. The lowest BCUT2D eigenvalue weighted by Crippen LogP contribution is -2.26. The first kappa shape index (κ1) is 14.6. The second-order valence-electron chi connectivity index (χ2n) is 5.35. The summed E-state index contributed by atoms with van der Waals surface area (Å²) >= 11 is 6.05. The van der Waals surface area contributed by atoms with Crippen LogP contribution in [0.15, 0.2) is 18.2 Å². The molecule has 2 rings (SSSR count). The fourth-order valence-electron chi connectivity index (χ4n) is 2.28. The molecule has 1 aliphatic rings. The molecule has 1 fully saturated rings. The monoisotopic (exact) mass is 284 g/mol. The van der Waals surface area contributed by atoms with Crippen molar-refractivity contribution in [1.82, 2.24) is 5.32 Å². The third kappa shape index (κ3) is 3.60. The third-order valence-electron chi connectivity index (χ3n) is 3.34. The molecule has 1 saturated heterocycles. The fourth-order valence-corrected chi connectivity index (χ4v) is 2.48. The molecule has 0 aliphatic carbocycles. The molecule has 1 heterocycles. The number of β-amino-alcohol motifs (C(OH)–C–C–N with tert-alkyl or cyclic N) is 2. The normalized spacial score (nSPS) is 23.4. The van der Waals surface area contributed by atoms with Gasteiger partial charge in [-0.3, -0.25) is 0 Å². The second-order valence-corrected chi connectivity index (χ2v) is 5.78. The number of hydrogen-bond acceptors (Lipinski definition) is 4. The Hall–Kier alpha value is -0.810. The van der Waals surface area contributed by atoms with Gasteiger partial charge in [-0.15, -0.1) is 0 Å². The van der Waals surface area contributed by atoms with Crippen molar-refractivity contribution in [3.63, 3.8) is 0 Å². The molecule has 5 heteroatoms. The summed E-state index contributed by atoms with van der Waals surface area (Å²) in [5.41, 5.74) is 2.11. The number of aliphatic hydroxyl groups excluding tert-OH is 2. The van der Waals surface area contributed by atoms with Gasteiger partial charge in [0.2, 0.25) is 0 Å². The number of anilines is 1. The minimum atomic E-state index is -0.679. The molecule has 0 radical (unpaired) electrons. The number of nitrogens with zero attached hydrogens (tertiary/aromatic N) is 1. The van der Waals surface area contributed by atoms with Gasteiger partial charge in [-0.2, -0.15) is 0 Å². The summed E-state index contributed by atoms with van der Waals surface area (Å²) in [6, 6.07) is 6.11. The van der Waals surface area contributed by atoms with E-state index in [1.165, 1.54) is 0 Å². The largest absolute Gasteiger partial charge is 0.389 e. The van der Waals surface area contributed by atoms with Gasteiger partial charge >= 0.3 is 0 Å². The summed E-state index contributed by atoms with van der Waals surface area (Å²) in [6.07, 6.45) is -1.36. The zero-order valence-corrected chi connectivity index (χ0v) is 12.1. The molecular formula is C14H21ClN2O2. The molecule has 0 saturated carbocycles. The van der Waals surface area contributed by atoms with Crippen molar-refractivity contribution in [2.45, 2.75) is 38.6 Å². The van der Waals surface area contributed by atoms with Gasteiger partial charge in [-0.05, 0) is 23.8 Å². The van der Waals surface area contributed by atoms with E-state index in [2.05, 4.69) is 19.2 Å². The van der Waals surface area contributed by atoms with Gasteiger partial charge in [0.05, 0.1) is 12.2 Å². The van der Waals surface area contributed by atoms with Crippen LogP contribution in [0.2, 0.25) is 5.02 Å². The van der Waals surface area contributed by atoms with Crippen LogP contribution in [0.3, 0.4) is 0 Å². The summed E-state index contributed by atoms with van der Waals surface area (Å²) in [6.45, 7) is 5.81. The minimum Gasteiger partial charge on any atom is -0.389 e. The van der Waals surface area contributed by atoms with Gasteiger partial charge in [0.25, 0.3) is 0 Å². The van der Waals surface area contributed by atoms with E-state index in [1.807, 2.05) is 23.1 Å². The van der Waals surface area contributed by atoms with Crippen molar-refractivity contribution < 1.29 is 10.2 Å². The highest BCUT2D eigenvalue weighted by molar-refractivity contribution is 6.30. The summed E-state index contributed by atoms with van der Waals surface area (Å²) in [7, 11) is 0. The van der Waals surface area contributed by atoms with Gasteiger partial charge in [0.15, 0.2) is 0 Å². The van der Waals surface area contributed by atoms with E-state index in [9.17, 15) is 10.2 Å². The standard InChI is InChI=1S/C14H21ClN2O2/c1-9(2)16-6-10-5-11(15)3-4-12(10)17-7-13(18)14(19)8-17/h3-5,9,13-14,16,18-19H,6-8H2,1-2H3. The Morgan fingerprint density at radius 3 is 2.53 bits per heavy atom. The predicted molar refractivity (Wildman–Crippen MR) is 77.7 cm³/mol. The zero-order chi connectivity index (χ0) is 14.0. The molecule has 19 heavy (non-hydrogen) atoms. The number of aliphatic hydroxyl groups is 2. The van der Waals surface area contributed by atoms with E-state index in [0.29, 0.717) is 24.2 Å². The number of nitrogens with one attached hydrogen (secondary N) is 1. The first-order valence-electron chi connectivity index (χ1n) is 6.60. The molecule has 106 valence electrons. The maximum absolute atomic E-state index is 9.66. The van der Waals surface area contributed by atoms with E-state index < -0.39 is 12.2 Å². The molecule has 0 bridgehead atoms. The maximum atomic E-state index is 9.66. The lowest BCUT2D eigenvalue weighted by molar-refractivity contribution is 0.0572. The van der Waals surface area contributed by atoms with Crippen LogP contribution >= 0.6 is 11.6 Å². The van der Waals surface area contributed by atoms with Gasteiger partial charge in [0, 0.05) is 36.4 Å². The highest BCUT2D eigenvalue weighted by Gasteiger charge is 2.30. The smallest absolute Gasteiger partial charge is 0.0990 e. The van der Waals surface area contributed by atoms with Crippen LogP contribution in [-0.4, -0.2) is 41.6 Å². The van der Waals surface area contributed by atoms with E-state index in [0.717, 1.165) is 17.8 Å². The van der Waals surface area contributed by atoms with Gasteiger partial charge in [-0.25, -0.2) is 0 Å². The van der Waals surface area contributed by atoms with Crippen LogP contribution in [0.1, 0.15) is 19.4 Å². The molecule has 4 nitrogen and oxygen atoms in total. The van der Waals surface area contributed by atoms with Crippen molar-refractivity contribution >= 4 is 17.3 Å². The van der Waals surface area contributed by atoms with Crippen LogP contribution in [0.4, 0.5) is 5.69 Å². The Balaban J connectivity index is 2.19. The number of rotatable bonds is 4. The highest BCUT2D eigenvalue weighted by Crippen LogP contribution is 2.27. The summed E-state index contributed by atoms with van der Waals surface area (Å²) < 4.78 is 0. The topological polar surface area (TPSA) is 55.7 Å². The van der Waals surface area contributed by atoms with Crippen molar-refractivity contribution in [1.29, 1.82) is 0 Å². The molecule has 0 amide bonds. The number of halogens is 1. The van der Waals surface area contributed by atoms with E-state index >= 15 is 0 Å². The molecule has 1 aromatic rings. The van der Waals surface area contributed by atoms with Crippen molar-refractivity contribution in [3.05, 3.63) is 28.8 Å². The van der Waals surface area contributed by atoms with Crippen molar-refractivity contribution in [2.24, 2.45) is 0 Å². The van der Waals surface area contributed by atoms with E-state index in [1.54, 1.807) is 0 Å². The average Bonchev–Trinajstić information content (AvgIpc) is 2.67. The fraction of sp³-hybridized carbons (Fsp3) is 0.571. The van der Waals surface area contributed by atoms with Gasteiger partial charge in [0.1, 0.15) is 0 Å². The summed E-state index contributed by atoms with van der Waals surface area (Å²) in [5.74, 6) is 0. The maximum Gasteiger partial charge on any atom is 0.0990 e. The Kier molecular flexibility index (Phi) is 4.68. The molecule has 1 aliphatic heterocycles. The van der Waals surface area contributed by atoms with Crippen molar-refractivity contribution in [3.8, 4) is 0 Å². The van der Waals surface area contributed by atoms with Crippen LogP contribution < -0.4 is 10.2 Å².